The number of aryl methyl sites for hydroxylation is 1. The van der Waals surface area contributed by atoms with E-state index in [0.717, 1.165) is 15.6 Å². The normalized spacial score (nSPS) is 10.4. The first kappa shape index (κ1) is 13.1. The second kappa shape index (κ2) is 5.50. The molecule has 2 nitrogen and oxygen atoms in total. The number of aliphatic hydroxyl groups is 1. The molecular weight excluding hydrogens is 299 g/mol. The Morgan fingerprint density at radius 3 is 2.67 bits per heavy atom. The molecule has 2 aromatic carbocycles. The van der Waals surface area contributed by atoms with Crippen molar-refractivity contribution in [2.24, 2.45) is 0 Å². The molecule has 0 aliphatic carbocycles. The third kappa shape index (κ3) is 2.89. The second-order valence-electron chi connectivity index (χ2n) is 3.92. The van der Waals surface area contributed by atoms with Crippen LogP contribution in [0.15, 0.2) is 40.9 Å². The Morgan fingerprint density at radius 1 is 1.22 bits per heavy atom. The van der Waals surface area contributed by atoms with Crippen LogP contribution in [0.2, 0.25) is 0 Å². The fourth-order valence-corrected chi connectivity index (χ4v) is 2.01. The van der Waals surface area contributed by atoms with E-state index < -0.39 is 0 Å². The molecule has 4 heteroatoms. The Labute approximate surface area is 113 Å². The van der Waals surface area contributed by atoms with Crippen LogP contribution in [-0.4, -0.2) is 5.11 Å². The molecule has 94 valence electrons. The summed E-state index contributed by atoms with van der Waals surface area (Å²) < 4.78 is 19.5. The predicted molar refractivity (Wildman–Crippen MR) is 71.3 cm³/mol. The monoisotopic (exact) mass is 310 g/mol. The van der Waals surface area contributed by atoms with Crippen LogP contribution in [0.5, 0.6) is 11.5 Å². The van der Waals surface area contributed by atoms with Crippen molar-refractivity contribution in [1.29, 1.82) is 0 Å². The van der Waals surface area contributed by atoms with Crippen LogP contribution in [-0.2, 0) is 6.61 Å². The minimum atomic E-state index is -0.332. The third-order valence-electron chi connectivity index (χ3n) is 2.57. The molecule has 0 heterocycles. The van der Waals surface area contributed by atoms with Crippen LogP contribution in [0.3, 0.4) is 0 Å². The van der Waals surface area contributed by atoms with E-state index in [4.69, 9.17) is 9.84 Å². The lowest BCUT2D eigenvalue weighted by atomic mass is 10.2. The zero-order valence-electron chi connectivity index (χ0n) is 9.78. The Hall–Kier alpha value is -1.39. The highest BCUT2D eigenvalue weighted by atomic mass is 79.9. The van der Waals surface area contributed by atoms with E-state index in [2.05, 4.69) is 15.9 Å². The molecule has 0 aliphatic rings. The summed E-state index contributed by atoms with van der Waals surface area (Å²) in [7, 11) is 0. The average molecular weight is 311 g/mol. The predicted octanol–water partition coefficient (Wildman–Crippen LogP) is 4.18. The molecule has 0 atom stereocenters. The fraction of sp³-hybridized carbons (Fsp3) is 0.143. The zero-order chi connectivity index (χ0) is 13.1. The maximum absolute atomic E-state index is 13.1. The first-order valence-corrected chi connectivity index (χ1v) is 6.23. The summed E-state index contributed by atoms with van der Waals surface area (Å²) in [6, 6.07) is 9.66. The van der Waals surface area contributed by atoms with Gasteiger partial charge < -0.3 is 9.84 Å². The molecule has 0 amide bonds. The van der Waals surface area contributed by atoms with Gasteiger partial charge in [0.25, 0.3) is 0 Å². The van der Waals surface area contributed by atoms with Crippen molar-refractivity contribution in [3.8, 4) is 11.5 Å². The van der Waals surface area contributed by atoms with E-state index >= 15 is 0 Å². The number of benzene rings is 2. The zero-order valence-corrected chi connectivity index (χ0v) is 11.4. The van der Waals surface area contributed by atoms with Crippen LogP contribution in [0.25, 0.3) is 0 Å². The van der Waals surface area contributed by atoms with Gasteiger partial charge in [-0.05, 0) is 36.2 Å². The van der Waals surface area contributed by atoms with Gasteiger partial charge in [-0.2, -0.15) is 0 Å². The summed E-state index contributed by atoms with van der Waals surface area (Å²) in [4.78, 5) is 0. The van der Waals surface area contributed by atoms with Gasteiger partial charge in [0.15, 0.2) is 0 Å². The molecule has 0 bridgehead atoms. The van der Waals surface area contributed by atoms with Gasteiger partial charge in [0.1, 0.15) is 17.3 Å². The van der Waals surface area contributed by atoms with Gasteiger partial charge in [-0.3, -0.25) is 0 Å². The molecule has 0 saturated carbocycles. The second-order valence-corrected chi connectivity index (χ2v) is 4.78. The van der Waals surface area contributed by atoms with E-state index in [1.54, 1.807) is 24.3 Å². The average Bonchev–Trinajstić information content (AvgIpc) is 2.34. The van der Waals surface area contributed by atoms with Crippen molar-refractivity contribution in [3.05, 3.63) is 57.8 Å². The fourth-order valence-electron chi connectivity index (χ4n) is 1.53. The molecule has 18 heavy (non-hydrogen) atoms. The van der Waals surface area contributed by atoms with E-state index in [-0.39, 0.29) is 12.4 Å². The molecule has 2 rings (SSSR count). The number of hydrogen-bond donors (Lipinski definition) is 1. The Bertz CT molecular complexity index is 570. The molecule has 0 saturated heterocycles. The largest absolute Gasteiger partial charge is 0.457 e. The van der Waals surface area contributed by atoms with Gasteiger partial charge in [-0.15, -0.1) is 0 Å². The van der Waals surface area contributed by atoms with Crippen molar-refractivity contribution in [1.82, 2.24) is 0 Å². The number of aliphatic hydroxyl groups excluding tert-OH is 1. The molecule has 1 N–H and O–H groups in total. The Balaban J connectivity index is 2.28. The first-order valence-electron chi connectivity index (χ1n) is 5.43. The molecule has 0 aromatic heterocycles. The van der Waals surface area contributed by atoms with Gasteiger partial charge in [0, 0.05) is 10.5 Å². The summed E-state index contributed by atoms with van der Waals surface area (Å²) in [6.45, 7) is 1.81. The maximum Gasteiger partial charge on any atom is 0.133 e. The van der Waals surface area contributed by atoms with Crippen LogP contribution in [0, 0.1) is 12.7 Å². The van der Waals surface area contributed by atoms with Crippen LogP contribution < -0.4 is 4.74 Å². The minimum Gasteiger partial charge on any atom is -0.457 e. The SMILES string of the molecule is Cc1ccc(F)cc1Oc1ccc(CO)c(Br)c1. The van der Waals surface area contributed by atoms with Crippen molar-refractivity contribution in [3.63, 3.8) is 0 Å². The number of rotatable bonds is 3. The number of hydrogen-bond acceptors (Lipinski definition) is 2. The van der Waals surface area contributed by atoms with Crippen LogP contribution in [0.1, 0.15) is 11.1 Å². The molecule has 0 radical (unpaired) electrons. The highest BCUT2D eigenvalue weighted by molar-refractivity contribution is 9.10. The van der Waals surface area contributed by atoms with Gasteiger partial charge in [0.2, 0.25) is 0 Å². The topological polar surface area (TPSA) is 29.5 Å². The third-order valence-corrected chi connectivity index (χ3v) is 3.31. The maximum atomic E-state index is 13.1. The number of halogens is 2. The highest BCUT2D eigenvalue weighted by Crippen LogP contribution is 2.29. The molecular formula is C14H12BrFO2. The molecule has 2 aromatic rings. The smallest absolute Gasteiger partial charge is 0.133 e. The quantitative estimate of drug-likeness (QED) is 0.921. The van der Waals surface area contributed by atoms with Gasteiger partial charge in [-0.25, -0.2) is 4.39 Å². The van der Waals surface area contributed by atoms with E-state index in [1.807, 2.05) is 6.92 Å². The summed E-state index contributed by atoms with van der Waals surface area (Å²) in [5, 5.41) is 9.06. The van der Waals surface area contributed by atoms with Crippen molar-refractivity contribution >= 4 is 15.9 Å². The molecule has 0 spiro atoms. The lowest BCUT2D eigenvalue weighted by Crippen LogP contribution is -1.91. The highest BCUT2D eigenvalue weighted by Gasteiger charge is 2.05. The van der Waals surface area contributed by atoms with Gasteiger partial charge >= 0.3 is 0 Å². The van der Waals surface area contributed by atoms with Crippen LogP contribution >= 0.6 is 15.9 Å². The Morgan fingerprint density at radius 2 is 2.00 bits per heavy atom. The van der Waals surface area contributed by atoms with E-state index in [9.17, 15) is 4.39 Å². The lowest BCUT2D eigenvalue weighted by molar-refractivity contribution is 0.281. The summed E-state index contributed by atoms with van der Waals surface area (Å²) in [5.74, 6) is 0.744. The van der Waals surface area contributed by atoms with Gasteiger partial charge in [-0.1, -0.05) is 28.1 Å². The number of ether oxygens (including phenoxy) is 1. The minimum absolute atomic E-state index is 0.0418. The van der Waals surface area contributed by atoms with Crippen molar-refractivity contribution in [2.75, 3.05) is 0 Å². The first-order chi connectivity index (χ1) is 8.60. The molecule has 0 unspecified atom stereocenters. The summed E-state index contributed by atoms with van der Waals surface area (Å²) >= 11 is 3.34. The summed E-state index contributed by atoms with van der Waals surface area (Å²) in [6.07, 6.45) is 0. The van der Waals surface area contributed by atoms with E-state index in [0.29, 0.717) is 11.5 Å². The van der Waals surface area contributed by atoms with Crippen molar-refractivity contribution in [2.45, 2.75) is 13.5 Å². The van der Waals surface area contributed by atoms with Gasteiger partial charge in [0.05, 0.1) is 6.61 Å². The standard InChI is InChI=1S/C14H12BrFO2/c1-9-2-4-11(16)6-14(9)18-12-5-3-10(8-17)13(15)7-12/h2-7,17H,8H2,1H3. The molecule has 0 aliphatic heterocycles. The van der Waals surface area contributed by atoms with E-state index in [1.165, 1.54) is 12.1 Å². The van der Waals surface area contributed by atoms with Crippen LogP contribution in [0.4, 0.5) is 4.39 Å². The van der Waals surface area contributed by atoms with Crippen molar-refractivity contribution < 1.29 is 14.2 Å². The summed E-state index contributed by atoms with van der Waals surface area (Å²) in [5.41, 5.74) is 1.64. The molecule has 0 fully saturated rings. The lowest BCUT2D eigenvalue weighted by Gasteiger charge is -2.10. The Kier molecular flexibility index (Phi) is 3.99.